The Balaban J connectivity index is 1.73. The van der Waals surface area contributed by atoms with Gasteiger partial charge in [0.05, 0.1) is 29.0 Å². The molecule has 13 heteroatoms. The predicted molar refractivity (Wildman–Crippen MR) is 143 cm³/mol. The Morgan fingerprint density at radius 1 is 1.10 bits per heavy atom. The second-order valence-corrected chi connectivity index (χ2v) is 11.4. The Kier molecular flexibility index (Phi) is 8.83. The second kappa shape index (κ2) is 11.9. The van der Waals surface area contributed by atoms with Crippen LogP contribution in [0, 0.1) is 0 Å². The van der Waals surface area contributed by atoms with Crippen LogP contribution in [0.5, 0.6) is 11.5 Å². The first-order valence-corrected chi connectivity index (χ1v) is 14.3. The number of anilines is 1. The van der Waals surface area contributed by atoms with Gasteiger partial charge < -0.3 is 14.2 Å². The summed E-state index contributed by atoms with van der Waals surface area (Å²) in [5.74, 6) is -0.516. The van der Waals surface area contributed by atoms with E-state index in [1.165, 1.54) is 55.9 Å². The van der Waals surface area contributed by atoms with Gasteiger partial charge in [-0.15, -0.1) is 0 Å². The summed E-state index contributed by atoms with van der Waals surface area (Å²) in [6.07, 6.45) is 4.37. The number of esters is 1. The molecular weight excluding hydrogens is 577 g/mol. The van der Waals surface area contributed by atoms with Crippen LogP contribution >= 0.6 is 23.2 Å². The average molecular weight is 601 g/mol. The number of sulfonamides is 1. The number of rotatable bonds is 11. The van der Waals surface area contributed by atoms with E-state index in [2.05, 4.69) is 9.71 Å². The lowest BCUT2D eigenvalue weighted by atomic mass is 9.96. The number of benzene rings is 2. The summed E-state index contributed by atoms with van der Waals surface area (Å²) < 4.78 is 67.9. The summed E-state index contributed by atoms with van der Waals surface area (Å²) in [6, 6.07) is 8.57. The van der Waals surface area contributed by atoms with Crippen molar-refractivity contribution in [3.8, 4) is 11.5 Å². The van der Waals surface area contributed by atoms with Crippen molar-refractivity contribution in [1.29, 1.82) is 0 Å². The molecule has 39 heavy (non-hydrogen) atoms. The maximum Gasteiger partial charge on any atom is 0.387 e. The minimum absolute atomic E-state index is 0.00730. The number of aromatic nitrogens is 1. The molecule has 3 aromatic rings. The van der Waals surface area contributed by atoms with E-state index in [1.807, 2.05) is 0 Å². The SMILES string of the molecule is COc1c(C(Cc2c(Cl)cncc2Cl)OC(=O)c2ccc(NS(C)(=O)=O)cc2)ccc(OC(F)F)c1C1CC1. The molecule has 1 aromatic heterocycles. The van der Waals surface area contributed by atoms with Crippen molar-refractivity contribution >= 4 is 44.9 Å². The quantitative estimate of drug-likeness (QED) is 0.254. The Bertz CT molecular complexity index is 1450. The monoisotopic (exact) mass is 600 g/mol. The van der Waals surface area contributed by atoms with E-state index >= 15 is 0 Å². The molecule has 8 nitrogen and oxygen atoms in total. The molecule has 2 aromatic carbocycles. The molecule has 0 bridgehead atoms. The predicted octanol–water partition coefficient (Wildman–Crippen LogP) is 6.39. The molecule has 0 spiro atoms. The van der Waals surface area contributed by atoms with Crippen molar-refractivity contribution in [3.63, 3.8) is 0 Å². The largest absolute Gasteiger partial charge is 0.496 e. The van der Waals surface area contributed by atoms with Gasteiger partial charge >= 0.3 is 12.6 Å². The first kappa shape index (κ1) is 28.8. The highest BCUT2D eigenvalue weighted by molar-refractivity contribution is 7.92. The molecule has 1 aliphatic carbocycles. The standard InChI is InChI=1S/C26H24Cl2F2N2O6S/c1-36-24-17(9-10-21(38-26(29)30)23(24)14-3-4-14)22(11-18-19(27)12-31-13-20(18)28)37-25(33)15-5-7-16(8-6-15)32-39(2,34)35/h5-10,12-14,22,26,32H,3-4,11H2,1-2H3. The highest BCUT2D eigenvalue weighted by Gasteiger charge is 2.35. The minimum Gasteiger partial charge on any atom is -0.496 e. The van der Waals surface area contributed by atoms with Gasteiger partial charge in [-0.3, -0.25) is 9.71 Å². The molecule has 1 aliphatic rings. The summed E-state index contributed by atoms with van der Waals surface area (Å²) >= 11 is 12.7. The number of halogens is 4. The normalized spacial score (nSPS) is 14.1. The lowest BCUT2D eigenvalue weighted by molar-refractivity contribution is -0.0505. The van der Waals surface area contributed by atoms with Crippen molar-refractivity contribution in [1.82, 2.24) is 4.98 Å². The fourth-order valence-corrected chi connectivity index (χ4v) is 5.24. The summed E-state index contributed by atoms with van der Waals surface area (Å²) in [5, 5.41) is 0.498. The number of nitrogens with zero attached hydrogens (tertiary/aromatic N) is 1. The summed E-state index contributed by atoms with van der Waals surface area (Å²) in [7, 11) is -2.10. The number of hydrogen-bond donors (Lipinski definition) is 1. The Labute approximate surface area is 234 Å². The highest BCUT2D eigenvalue weighted by atomic mass is 35.5. The van der Waals surface area contributed by atoms with E-state index in [4.69, 9.17) is 37.4 Å². The molecule has 0 amide bonds. The van der Waals surface area contributed by atoms with E-state index < -0.39 is 28.7 Å². The Morgan fingerprint density at radius 2 is 1.74 bits per heavy atom. The average Bonchev–Trinajstić information content (AvgIpc) is 3.69. The molecule has 1 heterocycles. The van der Waals surface area contributed by atoms with Gasteiger partial charge in [0.2, 0.25) is 10.0 Å². The Morgan fingerprint density at radius 3 is 2.28 bits per heavy atom. The summed E-state index contributed by atoms with van der Waals surface area (Å²) in [4.78, 5) is 17.2. The first-order valence-electron chi connectivity index (χ1n) is 11.7. The van der Waals surface area contributed by atoms with Gasteiger partial charge in [0.15, 0.2) is 0 Å². The third kappa shape index (κ3) is 7.28. The van der Waals surface area contributed by atoms with Crippen LogP contribution in [0.1, 0.15) is 51.9 Å². The number of nitrogens with one attached hydrogen (secondary N) is 1. The van der Waals surface area contributed by atoms with Gasteiger partial charge in [-0.05, 0) is 60.7 Å². The van der Waals surface area contributed by atoms with Crippen LogP contribution in [-0.2, 0) is 21.2 Å². The van der Waals surface area contributed by atoms with Crippen LogP contribution in [0.25, 0.3) is 0 Å². The van der Waals surface area contributed by atoms with Crippen molar-refractivity contribution in [2.75, 3.05) is 18.1 Å². The number of carbonyl (C=O) groups excluding carboxylic acids is 1. The van der Waals surface area contributed by atoms with Crippen molar-refractivity contribution in [2.45, 2.75) is 37.9 Å². The van der Waals surface area contributed by atoms with Crippen molar-refractivity contribution in [2.24, 2.45) is 0 Å². The topological polar surface area (TPSA) is 104 Å². The molecule has 1 fully saturated rings. The zero-order valence-corrected chi connectivity index (χ0v) is 23.1. The smallest absolute Gasteiger partial charge is 0.387 e. The van der Waals surface area contributed by atoms with Crippen LogP contribution in [0.4, 0.5) is 14.5 Å². The minimum atomic E-state index is -3.50. The third-order valence-corrected chi connectivity index (χ3v) is 7.21. The van der Waals surface area contributed by atoms with E-state index in [1.54, 1.807) is 0 Å². The van der Waals surface area contributed by atoms with Gasteiger partial charge in [0.25, 0.3) is 0 Å². The zero-order valence-electron chi connectivity index (χ0n) is 20.8. The maximum absolute atomic E-state index is 13.2. The van der Waals surface area contributed by atoms with Crippen LogP contribution in [0.2, 0.25) is 10.0 Å². The van der Waals surface area contributed by atoms with Crippen LogP contribution in [0.3, 0.4) is 0 Å². The van der Waals surface area contributed by atoms with Gasteiger partial charge in [-0.1, -0.05) is 23.2 Å². The second-order valence-electron chi connectivity index (χ2n) is 8.88. The molecule has 208 valence electrons. The van der Waals surface area contributed by atoms with E-state index in [0.29, 0.717) is 16.7 Å². The summed E-state index contributed by atoms with van der Waals surface area (Å²) in [6.45, 7) is -3.03. The van der Waals surface area contributed by atoms with Gasteiger partial charge in [0.1, 0.15) is 17.6 Å². The van der Waals surface area contributed by atoms with Crippen molar-refractivity contribution in [3.05, 3.63) is 81.1 Å². The van der Waals surface area contributed by atoms with E-state index in [-0.39, 0.29) is 45.1 Å². The van der Waals surface area contributed by atoms with Gasteiger partial charge in [0, 0.05) is 35.6 Å². The van der Waals surface area contributed by atoms with Crippen LogP contribution in [-0.4, -0.2) is 39.3 Å². The summed E-state index contributed by atoms with van der Waals surface area (Å²) in [5.41, 5.74) is 1.76. The number of pyridine rings is 1. The molecular formula is C26H24Cl2F2N2O6S. The maximum atomic E-state index is 13.2. The molecule has 0 saturated heterocycles. The van der Waals surface area contributed by atoms with Crippen LogP contribution in [0.15, 0.2) is 48.8 Å². The fraction of sp³-hybridized carbons (Fsp3) is 0.308. The molecule has 1 atom stereocenters. The molecule has 1 saturated carbocycles. The highest BCUT2D eigenvalue weighted by Crippen LogP contribution is 2.51. The number of carbonyl (C=O) groups is 1. The van der Waals surface area contributed by atoms with Gasteiger partial charge in [-0.25, -0.2) is 13.2 Å². The first-order chi connectivity index (χ1) is 18.5. The fourth-order valence-electron chi connectivity index (χ4n) is 4.16. The Hall–Kier alpha value is -3.15. The number of alkyl halides is 2. The van der Waals surface area contributed by atoms with E-state index in [9.17, 15) is 22.0 Å². The van der Waals surface area contributed by atoms with Crippen LogP contribution < -0.4 is 14.2 Å². The van der Waals surface area contributed by atoms with Gasteiger partial charge in [-0.2, -0.15) is 8.78 Å². The number of hydrogen-bond acceptors (Lipinski definition) is 7. The molecule has 0 radical (unpaired) electrons. The zero-order chi connectivity index (χ0) is 28.3. The molecule has 1 unspecified atom stereocenters. The molecule has 4 rings (SSSR count). The molecule has 0 aliphatic heterocycles. The number of methoxy groups -OCH3 is 1. The number of ether oxygens (including phenoxy) is 3. The van der Waals surface area contributed by atoms with E-state index in [0.717, 1.165) is 19.1 Å². The lowest BCUT2D eigenvalue weighted by Crippen LogP contribution is -2.17. The molecule has 1 N–H and O–H groups in total. The lowest BCUT2D eigenvalue weighted by Gasteiger charge is -2.24. The van der Waals surface area contributed by atoms with Crippen molar-refractivity contribution < 1.29 is 36.2 Å². The third-order valence-electron chi connectivity index (χ3n) is 5.95.